The van der Waals surface area contributed by atoms with Crippen molar-refractivity contribution in [1.29, 1.82) is 0 Å². The van der Waals surface area contributed by atoms with E-state index in [0.29, 0.717) is 18.4 Å². The molecule has 2 unspecified atom stereocenters. The van der Waals surface area contributed by atoms with Gasteiger partial charge in [0.2, 0.25) is 11.8 Å². The van der Waals surface area contributed by atoms with Gasteiger partial charge in [-0.1, -0.05) is 13.8 Å². The van der Waals surface area contributed by atoms with Crippen molar-refractivity contribution >= 4 is 11.8 Å². The largest absolute Gasteiger partial charge is 0.313 e. The number of hydrogen-bond donors (Lipinski definition) is 2. The zero-order valence-corrected chi connectivity index (χ0v) is 11.2. The van der Waals surface area contributed by atoms with Gasteiger partial charge in [-0.2, -0.15) is 0 Å². The molecule has 2 N–H and O–H groups in total. The Morgan fingerprint density at radius 2 is 2.17 bits per heavy atom. The summed E-state index contributed by atoms with van der Waals surface area (Å²) >= 11 is 0. The molecule has 0 aromatic heterocycles. The van der Waals surface area contributed by atoms with Crippen molar-refractivity contribution in [3.63, 3.8) is 0 Å². The number of amides is 2. The summed E-state index contributed by atoms with van der Waals surface area (Å²) in [5, 5.41) is 5.86. The van der Waals surface area contributed by atoms with Crippen LogP contribution in [0.25, 0.3) is 0 Å². The first-order valence-corrected chi connectivity index (χ1v) is 6.87. The lowest BCUT2D eigenvalue weighted by Gasteiger charge is -2.30. The third kappa shape index (κ3) is 3.29. The first-order chi connectivity index (χ1) is 8.56. The van der Waals surface area contributed by atoms with Gasteiger partial charge in [-0.15, -0.1) is 0 Å². The average Bonchev–Trinajstić information content (AvgIpc) is 2.86. The fraction of sp³-hybridized carbons (Fsp3) is 0.846. The molecule has 0 spiro atoms. The van der Waals surface area contributed by atoms with Crippen LogP contribution in [0.1, 0.15) is 33.1 Å². The van der Waals surface area contributed by atoms with Gasteiger partial charge in [-0.3, -0.25) is 19.8 Å². The van der Waals surface area contributed by atoms with Crippen LogP contribution in [0.5, 0.6) is 0 Å². The maximum absolute atomic E-state index is 11.8. The maximum Gasteiger partial charge on any atom is 0.244 e. The predicted molar refractivity (Wildman–Crippen MR) is 69.0 cm³/mol. The Kier molecular flexibility index (Phi) is 4.35. The quantitative estimate of drug-likeness (QED) is 0.683. The lowest BCUT2D eigenvalue weighted by Crippen LogP contribution is -2.47. The van der Waals surface area contributed by atoms with Gasteiger partial charge >= 0.3 is 0 Å². The van der Waals surface area contributed by atoms with Crippen LogP contribution in [0.4, 0.5) is 0 Å². The van der Waals surface area contributed by atoms with Crippen molar-refractivity contribution in [3.8, 4) is 0 Å². The minimum Gasteiger partial charge on any atom is -0.313 e. The number of imide groups is 1. The van der Waals surface area contributed by atoms with Gasteiger partial charge < -0.3 is 5.32 Å². The molecule has 0 aromatic rings. The molecule has 2 atom stereocenters. The predicted octanol–water partition coefficient (Wildman–Crippen LogP) is 0.112. The van der Waals surface area contributed by atoms with Crippen molar-refractivity contribution in [2.75, 3.05) is 19.6 Å². The highest BCUT2D eigenvalue weighted by molar-refractivity contribution is 6.05. The van der Waals surface area contributed by atoms with E-state index in [0.717, 1.165) is 26.1 Å². The van der Waals surface area contributed by atoms with E-state index in [1.165, 1.54) is 6.42 Å². The molecule has 18 heavy (non-hydrogen) atoms. The monoisotopic (exact) mass is 253 g/mol. The number of hydrogen-bond acceptors (Lipinski definition) is 4. The van der Waals surface area contributed by atoms with Crippen LogP contribution >= 0.6 is 0 Å². The van der Waals surface area contributed by atoms with Gasteiger partial charge in [-0.05, 0) is 25.3 Å². The Morgan fingerprint density at radius 1 is 1.39 bits per heavy atom. The lowest BCUT2D eigenvalue weighted by molar-refractivity contribution is -0.126. The van der Waals surface area contributed by atoms with Crippen LogP contribution in [0.15, 0.2) is 0 Å². The molecule has 0 aromatic carbocycles. The van der Waals surface area contributed by atoms with Crippen molar-refractivity contribution in [1.82, 2.24) is 15.5 Å². The zero-order valence-electron chi connectivity index (χ0n) is 11.2. The summed E-state index contributed by atoms with van der Waals surface area (Å²) in [7, 11) is 0. The Labute approximate surface area is 108 Å². The van der Waals surface area contributed by atoms with E-state index in [2.05, 4.69) is 29.4 Å². The van der Waals surface area contributed by atoms with Crippen LogP contribution in [0.3, 0.4) is 0 Å². The van der Waals surface area contributed by atoms with E-state index in [1.807, 2.05) is 0 Å². The normalized spacial score (nSPS) is 28.4. The molecule has 2 aliphatic heterocycles. The minimum absolute atomic E-state index is 0.126. The fourth-order valence-corrected chi connectivity index (χ4v) is 2.83. The van der Waals surface area contributed by atoms with E-state index < -0.39 is 0 Å². The minimum atomic E-state index is -0.262. The van der Waals surface area contributed by atoms with Crippen LogP contribution in [-0.2, 0) is 9.59 Å². The van der Waals surface area contributed by atoms with Crippen molar-refractivity contribution in [2.45, 2.75) is 45.2 Å². The van der Waals surface area contributed by atoms with E-state index in [-0.39, 0.29) is 17.9 Å². The molecule has 0 aliphatic carbocycles. The molecule has 0 bridgehead atoms. The summed E-state index contributed by atoms with van der Waals surface area (Å²) in [6, 6.07) is 0.203. The smallest absolute Gasteiger partial charge is 0.244 e. The standard InChI is InChI=1S/C13H23N3O2/c1-9(2)7-16(8-10-4-3-5-14-10)11-6-12(17)15-13(11)18/h9-11,14H,3-8H2,1-2H3,(H,15,17,18). The number of carbonyl (C=O) groups excluding carboxylic acids is 2. The van der Waals surface area contributed by atoms with E-state index >= 15 is 0 Å². The second-order valence-corrected chi connectivity index (χ2v) is 5.77. The van der Waals surface area contributed by atoms with E-state index in [9.17, 15) is 9.59 Å². The molecule has 2 saturated heterocycles. The number of rotatable bonds is 5. The number of carbonyl (C=O) groups is 2. The van der Waals surface area contributed by atoms with E-state index in [1.54, 1.807) is 0 Å². The Bertz CT molecular complexity index is 324. The van der Waals surface area contributed by atoms with Crippen molar-refractivity contribution in [2.24, 2.45) is 5.92 Å². The molecular formula is C13H23N3O2. The summed E-state index contributed by atoms with van der Waals surface area (Å²) in [6.07, 6.45) is 2.69. The van der Waals surface area contributed by atoms with Crippen LogP contribution in [0, 0.1) is 5.92 Å². The van der Waals surface area contributed by atoms with Gasteiger partial charge in [0.05, 0.1) is 12.5 Å². The molecule has 2 amide bonds. The molecule has 2 fully saturated rings. The summed E-state index contributed by atoms with van der Waals surface area (Å²) < 4.78 is 0. The van der Waals surface area contributed by atoms with Gasteiger partial charge in [0.25, 0.3) is 0 Å². The molecule has 0 radical (unpaired) electrons. The van der Waals surface area contributed by atoms with Gasteiger partial charge in [0.15, 0.2) is 0 Å². The summed E-state index contributed by atoms with van der Waals surface area (Å²) in [4.78, 5) is 25.3. The average molecular weight is 253 g/mol. The highest BCUT2D eigenvalue weighted by atomic mass is 16.2. The van der Waals surface area contributed by atoms with Crippen LogP contribution < -0.4 is 10.6 Å². The van der Waals surface area contributed by atoms with E-state index in [4.69, 9.17) is 0 Å². The van der Waals surface area contributed by atoms with Gasteiger partial charge in [0, 0.05) is 19.1 Å². The Balaban J connectivity index is 1.99. The van der Waals surface area contributed by atoms with Crippen LogP contribution in [-0.4, -0.2) is 48.4 Å². The first kappa shape index (κ1) is 13.5. The van der Waals surface area contributed by atoms with Crippen LogP contribution in [0.2, 0.25) is 0 Å². The van der Waals surface area contributed by atoms with Gasteiger partial charge in [-0.25, -0.2) is 0 Å². The Morgan fingerprint density at radius 3 is 2.67 bits per heavy atom. The molecule has 2 rings (SSSR count). The molecule has 0 saturated carbocycles. The molecule has 2 heterocycles. The lowest BCUT2D eigenvalue weighted by atomic mass is 10.1. The van der Waals surface area contributed by atoms with Crippen molar-refractivity contribution in [3.05, 3.63) is 0 Å². The molecule has 102 valence electrons. The Hall–Kier alpha value is -0.940. The molecule has 2 aliphatic rings. The third-order valence-electron chi connectivity index (χ3n) is 3.60. The second kappa shape index (κ2) is 5.80. The second-order valence-electron chi connectivity index (χ2n) is 5.77. The fourth-order valence-electron chi connectivity index (χ4n) is 2.83. The molecular weight excluding hydrogens is 230 g/mol. The molecule has 5 nitrogen and oxygen atoms in total. The topological polar surface area (TPSA) is 61.4 Å². The highest BCUT2D eigenvalue weighted by Crippen LogP contribution is 2.16. The third-order valence-corrected chi connectivity index (χ3v) is 3.60. The number of nitrogens with one attached hydrogen (secondary N) is 2. The zero-order chi connectivity index (χ0) is 13.1. The maximum atomic E-state index is 11.8. The number of nitrogens with zero attached hydrogens (tertiary/aromatic N) is 1. The summed E-state index contributed by atoms with van der Waals surface area (Å²) in [5.41, 5.74) is 0. The first-order valence-electron chi connectivity index (χ1n) is 6.87. The summed E-state index contributed by atoms with van der Waals surface area (Å²) in [6.45, 7) is 7.08. The van der Waals surface area contributed by atoms with Crippen molar-refractivity contribution < 1.29 is 9.59 Å². The SMILES string of the molecule is CC(C)CN(CC1CCCN1)C1CC(=O)NC1=O. The molecule has 5 heteroatoms. The summed E-state index contributed by atoms with van der Waals surface area (Å²) in [5.74, 6) is 0.228. The van der Waals surface area contributed by atoms with Gasteiger partial charge in [0.1, 0.15) is 0 Å². The highest BCUT2D eigenvalue weighted by Gasteiger charge is 2.36.